The van der Waals surface area contributed by atoms with E-state index < -0.39 is 35.0 Å². The number of methoxy groups -OCH3 is 1. The molecule has 1 aromatic heterocycles. The predicted octanol–water partition coefficient (Wildman–Crippen LogP) is 1.02. The van der Waals surface area contributed by atoms with Crippen molar-refractivity contribution in [1.82, 2.24) is 4.98 Å². The highest BCUT2D eigenvalue weighted by atomic mass is 19.3. The average Bonchev–Trinajstić information content (AvgIpc) is 2.15. The molecule has 0 spiro atoms. The van der Waals surface area contributed by atoms with Gasteiger partial charge < -0.3 is 14.8 Å². The van der Waals surface area contributed by atoms with Gasteiger partial charge >= 0.3 is 5.97 Å². The molecule has 0 aromatic carbocycles. The van der Waals surface area contributed by atoms with Crippen LogP contribution in [0.1, 0.15) is 22.5 Å². The van der Waals surface area contributed by atoms with Gasteiger partial charge in [-0.25, -0.2) is 13.6 Å². The molecular formula is C8H7F2NO4. The van der Waals surface area contributed by atoms with E-state index in [2.05, 4.69) is 4.74 Å². The number of rotatable bonds is 3. The molecule has 0 fully saturated rings. The molecule has 15 heavy (non-hydrogen) atoms. The van der Waals surface area contributed by atoms with Crippen molar-refractivity contribution in [3.05, 3.63) is 27.5 Å². The van der Waals surface area contributed by atoms with Crippen LogP contribution in [0.4, 0.5) is 8.78 Å². The van der Waals surface area contributed by atoms with E-state index in [4.69, 9.17) is 5.11 Å². The maximum atomic E-state index is 12.2. The Morgan fingerprint density at radius 1 is 1.60 bits per heavy atom. The van der Waals surface area contributed by atoms with Crippen molar-refractivity contribution in [2.45, 2.75) is 6.43 Å². The van der Waals surface area contributed by atoms with Crippen molar-refractivity contribution in [1.29, 1.82) is 0 Å². The van der Waals surface area contributed by atoms with Gasteiger partial charge in [-0.1, -0.05) is 0 Å². The molecule has 0 amide bonds. The number of halogens is 2. The lowest BCUT2D eigenvalue weighted by atomic mass is 10.2. The molecule has 0 saturated heterocycles. The first-order valence-corrected chi connectivity index (χ1v) is 3.80. The van der Waals surface area contributed by atoms with Gasteiger partial charge in [0.1, 0.15) is 0 Å². The van der Waals surface area contributed by atoms with Crippen LogP contribution in [-0.4, -0.2) is 23.2 Å². The molecule has 1 rings (SSSR count). The summed E-state index contributed by atoms with van der Waals surface area (Å²) in [6.45, 7) is 0. The van der Waals surface area contributed by atoms with E-state index in [1.54, 1.807) is 0 Å². The number of nitrogens with one attached hydrogen (secondary N) is 1. The van der Waals surface area contributed by atoms with Crippen molar-refractivity contribution in [2.75, 3.05) is 7.11 Å². The Bertz CT molecular complexity index is 441. The van der Waals surface area contributed by atoms with Crippen LogP contribution in [0, 0.1) is 0 Å². The van der Waals surface area contributed by atoms with E-state index in [9.17, 15) is 18.4 Å². The predicted molar refractivity (Wildman–Crippen MR) is 45.5 cm³/mol. The minimum absolute atomic E-state index is 0.481. The van der Waals surface area contributed by atoms with E-state index in [0.717, 1.165) is 7.11 Å². The number of aromatic carboxylic acids is 1. The van der Waals surface area contributed by atoms with E-state index in [0.29, 0.717) is 6.07 Å². The Morgan fingerprint density at radius 2 is 2.20 bits per heavy atom. The Labute approximate surface area is 82.3 Å². The third-order valence-corrected chi connectivity index (χ3v) is 1.67. The summed E-state index contributed by atoms with van der Waals surface area (Å²) in [5.41, 5.74) is -2.39. The first kappa shape index (κ1) is 11.2. The Kier molecular flexibility index (Phi) is 3.03. The number of hydrogen-bond acceptors (Lipinski definition) is 3. The quantitative estimate of drug-likeness (QED) is 0.795. The summed E-state index contributed by atoms with van der Waals surface area (Å²) in [7, 11) is 1.08. The van der Waals surface area contributed by atoms with Gasteiger partial charge in [0.05, 0.1) is 12.8 Å². The zero-order chi connectivity index (χ0) is 11.6. The van der Waals surface area contributed by atoms with Crippen molar-refractivity contribution >= 4 is 5.97 Å². The fraction of sp³-hybridized carbons (Fsp3) is 0.250. The number of carboxylic acid groups (broad SMARTS) is 1. The van der Waals surface area contributed by atoms with Crippen LogP contribution >= 0.6 is 0 Å². The van der Waals surface area contributed by atoms with Gasteiger partial charge in [0.15, 0.2) is 5.56 Å². The molecule has 0 unspecified atom stereocenters. The maximum absolute atomic E-state index is 12.2. The highest BCUT2D eigenvalue weighted by Gasteiger charge is 2.20. The molecular weight excluding hydrogens is 212 g/mol. The number of H-pyrrole nitrogens is 1. The molecule has 0 aliphatic rings. The summed E-state index contributed by atoms with van der Waals surface area (Å²) in [5.74, 6) is -2.01. The summed E-state index contributed by atoms with van der Waals surface area (Å²) in [6, 6.07) is 0.538. The Hall–Kier alpha value is -1.92. The zero-order valence-corrected chi connectivity index (χ0v) is 7.58. The number of pyridine rings is 1. The zero-order valence-electron chi connectivity index (χ0n) is 7.58. The van der Waals surface area contributed by atoms with Gasteiger partial charge in [-0.3, -0.25) is 4.79 Å². The summed E-state index contributed by atoms with van der Waals surface area (Å²) in [5, 5.41) is 8.62. The standard InChI is InChI=1S/C8H7F2NO4/c1-15-7-5(8(13)14)4(12)2-3(11-7)6(9)10/h2,6H,1H3,(H,11,12)(H,13,14). The van der Waals surface area contributed by atoms with Crippen LogP contribution < -0.4 is 10.2 Å². The van der Waals surface area contributed by atoms with Crippen molar-refractivity contribution < 1.29 is 23.4 Å². The van der Waals surface area contributed by atoms with Gasteiger partial charge in [-0.05, 0) is 0 Å². The molecule has 1 aromatic rings. The lowest BCUT2D eigenvalue weighted by Crippen LogP contribution is -2.18. The van der Waals surface area contributed by atoms with Crippen LogP contribution in [0.25, 0.3) is 0 Å². The molecule has 0 atom stereocenters. The van der Waals surface area contributed by atoms with Crippen LogP contribution in [0.2, 0.25) is 0 Å². The molecule has 0 aliphatic heterocycles. The largest absolute Gasteiger partial charge is 0.482 e. The smallest absolute Gasteiger partial charge is 0.345 e. The molecule has 0 aliphatic carbocycles. The highest BCUT2D eigenvalue weighted by Crippen LogP contribution is 2.19. The Morgan fingerprint density at radius 3 is 2.60 bits per heavy atom. The molecule has 5 nitrogen and oxygen atoms in total. The number of hydrogen-bond donors (Lipinski definition) is 2. The van der Waals surface area contributed by atoms with E-state index in [-0.39, 0.29) is 0 Å². The number of aromatic nitrogens is 1. The second kappa shape index (κ2) is 4.07. The second-order valence-corrected chi connectivity index (χ2v) is 2.60. The monoisotopic (exact) mass is 219 g/mol. The van der Waals surface area contributed by atoms with Crippen LogP contribution in [0.3, 0.4) is 0 Å². The molecule has 0 saturated carbocycles. The normalized spacial score (nSPS) is 10.4. The van der Waals surface area contributed by atoms with E-state index in [1.807, 2.05) is 4.98 Å². The number of alkyl halides is 2. The summed E-state index contributed by atoms with van der Waals surface area (Å²) in [4.78, 5) is 23.8. The van der Waals surface area contributed by atoms with Crippen LogP contribution in [0.5, 0.6) is 5.88 Å². The van der Waals surface area contributed by atoms with E-state index in [1.165, 1.54) is 0 Å². The minimum atomic E-state index is -2.89. The second-order valence-electron chi connectivity index (χ2n) is 2.60. The topological polar surface area (TPSA) is 79.4 Å². The fourth-order valence-electron chi connectivity index (χ4n) is 1.03. The molecule has 0 radical (unpaired) electrons. The average molecular weight is 219 g/mol. The number of carbonyl (C=O) groups is 1. The third kappa shape index (κ3) is 2.12. The number of ether oxygens (including phenoxy) is 1. The van der Waals surface area contributed by atoms with Gasteiger partial charge in [0.2, 0.25) is 11.3 Å². The van der Waals surface area contributed by atoms with Crippen LogP contribution in [0.15, 0.2) is 10.9 Å². The molecule has 7 heteroatoms. The minimum Gasteiger partial charge on any atom is -0.482 e. The highest BCUT2D eigenvalue weighted by molar-refractivity contribution is 5.90. The fourth-order valence-corrected chi connectivity index (χ4v) is 1.03. The van der Waals surface area contributed by atoms with E-state index >= 15 is 0 Å². The number of aromatic amines is 1. The van der Waals surface area contributed by atoms with Gasteiger partial charge in [0, 0.05) is 6.07 Å². The Balaban J connectivity index is 3.44. The van der Waals surface area contributed by atoms with Crippen molar-refractivity contribution in [3.8, 4) is 5.88 Å². The maximum Gasteiger partial charge on any atom is 0.345 e. The summed E-state index contributed by atoms with van der Waals surface area (Å²) < 4.78 is 29.0. The lowest BCUT2D eigenvalue weighted by molar-refractivity contribution is 0.0689. The van der Waals surface area contributed by atoms with Gasteiger partial charge in [0.25, 0.3) is 6.43 Å². The molecule has 1 heterocycles. The van der Waals surface area contributed by atoms with Gasteiger partial charge in [-0.15, -0.1) is 0 Å². The molecule has 82 valence electrons. The van der Waals surface area contributed by atoms with Gasteiger partial charge in [-0.2, -0.15) is 0 Å². The van der Waals surface area contributed by atoms with Crippen molar-refractivity contribution in [2.24, 2.45) is 0 Å². The SMILES string of the molecule is COc1[nH]c(C(F)F)cc(=O)c1C(=O)O. The first-order valence-electron chi connectivity index (χ1n) is 3.80. The lowest BCUT2D eigenvalue weighted by Gasteiger charge is -2.06. The molecule has 0 bridgehead atoms. The third-order valence-electron chi connectivity index (χ3n) is 1.67. The molecule has 2 N–H and O–H groups in total. The number of carboxylic acids is 1. The first-order chi connectivity index (χ1) is 6.97. The van der Waals surface area contributed by atoms with Crippen molar-refractivity contribution in [3.63, 3.8) is 0 Å². The summed E-state index contributed by atoms with van der Waals surface area (Å²) >= 11 is 0. The summed E-state index contributed by atoms with van der Waals surface area (Å²) in [6.07, 6.45) is -2.89. The van der Waals surface area contributed by atoms with Crippen LogP contribution in [-0.2, 0) is 0 Å².